The first kappa shape index (κ1) is 69.8. The van der Waals surface area contributed by atoms with Crippen molar-refractivity contribution in [3.05, 3.63) is 170 Å². The number of unbranched alkanes of at least 4 members (excludes halogenated alkanes) is 12. The van der Waals surface area contributed by atoms with Gasteiger partial charge in [0.25, 0.3) is 0 Å². The summed E-state index contributed by atoms with van der Waals surface area (Å²) in [5.74, 6) is -1.05. The van der Waals surface area contributed by atoms with Crippen molar-refractivity contribution in [1.29, 1.82) is 0 Å². The molecule has 418 valence electrons. The van der Waals surface area contributed by atoms with Gasteiger partial charge in [0.05, 0.1) is 0 Å². The Balaban J connectivity index is 4.55. The molecule has 0 saturated heterocycles. The Morgan fingerprint density at radius 3 is 0.800 bits per heavy atom. The van der Waals surface area contributed by atoms with Gasteiger partial charge in [0.15, 0.2) is 6.10 Å². The van der Waals surface area contributed by atoms with Gasteiger partial charge in [-0.15, -0.1) is 0 Å². The molecule has 0 spiro atoms. The van der Waals surface area contributed by atoms with Gasteiger partial charge in [0.1, 0.15) is 13.2 Å². The lowest BCUT2D eigenvalue weighted by atomic mass is 10.1. The number of carbonyl (C=O) groups excluding carboxylic acids is 3. The second-order valence-electron chi connectivity index (χ2n) is 18.8. The van der Waals surface area contributed by atoms with Crippen molar-refractivity contribution in [2.75, 3.05) is 13.2 Å². The molecule has 0 aromatic rings. The van der Waals surface area contributed by atoms with Crippen molar-refractivity contribution in [2.45, 2.75) is 232 Å². The van der Waals surface area contributed by atoms with Crippen LogP contribution in [0.25, 0.3) is 0 Å². The molecule has 75 heavy (non-hydrogen) atoms. The minimum absolute atomic E-state index is 0.128. The lowest BCUT2D eigenvalue weighted by molar-refractivity contribution is -0.166. The number of rotatable bonds is 51. The summed E-state index contributed by atoms with van der Waals surface area (Å²) in [7, 11) is 0. The first-order valence-corrected chi connectivity index (χ1v) is 29.6. The predicted octanol–water partition coefficient (Wildman–Crippen LogP) is 20.3. The average molecular weight is 1030 g/mol. The average Bonchev–Trinajstić information content (AvgIpc) is 3.41. The topological polar surface area (TPSA) is 78.9 Å². The number of allylic oxidation sites excluding steroid dienone is 28. The van der Waals surface area contributed by atoms with Gasteiger partial charge in [-0.05, 0) is 135 Å². The Hall–Kier alpha value is -5.23. The SMILES string of the molecule is CC/C=C\C/C=C\C/C=C\C/C=C\C/C=C\C/C=C\CCC(=O)OC(COC(=O)CCCCCCC/C=C\C/C=C\C/C=C\CC)COC(=O)CCCCCCCCC/C=C\C/C=C\C/C=C\C/C=C\C/C=C\CC. The zero-order valence-electron chi connectivity index (χ0n) is 47.7. The summed E-state index contributed by atoms with van der Waals surface area (Å²) in [6.45, 7) is 6.20. The Morgan fingerprint density at radius 1 is 0.267 bits per heavy atom. The Morgan fingerprint density at radius 2 is 0.507 bits per heavy atom. The largest absolute Gasteiger partial charge is 0.462 e. The lowest BCUT2D eigenvalue weighted by Gasteiger charge is -2.18. The van der Waals surface area contributed by atoms with Crippen LogP contribution in [-0.4, -0.2) is 37.2 Å². The van der Waals surface area contributed by atoms with Crippen LogP contribution in [0.5, 0.6) is 0 Å². The van der Waals surface area contributed by atoms with Gasteiger partial charge in [-0.1, -0.05) is 242 Å². The molecule has 0 saturated carbocycles. The van der Waals surface area contributed by atoms with E-state index in [2.05, 4.69) is 179 Å². The van der Waals surface area contributed by atoms with Crippen LogP contribution in [0.3, 0.4) is 0 Å². The van der Waals surface area contributed by atoms with E-state index in [9.17, 15) is 14.4 Å². The molecule has 1 atom stereocenters. The van der Waals surface area contributed by atoms with Crippen LogP contribution in [0.1, 0.15) is 226 Å². The maximum Gasteiger partial charge on any atom is 0.306 e. The van der Waals surface area contributed by atoms with E-state index in [-0.39, 0.29) is 31.6 Å². The quantitative estimate of drug-likeness (QED) is 0.0261. The van der Waals surface area contributed by atoms with E-state index in [1.807, 2.05) is 12.2 Å². The van der Waals surface area contributed by atoms with E-state index in [0.29, 0.717) is 19.3 Å². The smallest absolute Gasteiger partial charge is 0.306 e. The Kier molecular flexibility index (Phi) is 57.0. The zero-order valence-corrected chi connectivity index (χ0v) is 47.7. The van der Waals surface area contributed by atoms with E-state index in [0.717, 1.165) is 161 Å². The second kappa shape index (κ2) is 61.3. The van der Waals surface area contributed by atoms with E-state index in [4.69, 9.17) is 14.2 Å². The van der Waals surface area contributed by atoms with Crippen LogP contribution in [0.4, 0.5) is 0 Å². The molecular formula is C69H106O6. The first-order chi connectivity index (χ1) is 37.0. The maximum atomic E-state index is 12.8. The van der Waals surface area contributed by atoms with E-state index in [1.54, 1.807) is 0 Å². The number of esters is 3. The summed E-state index contributed by atoms with van der Waals surface area (Å²) < 4.78 is 16.8. The molecule has 0 heterocycles. The van der Waals surface area contributed by atoms with Crippen LogP contribution in [0.15, 0.2) is 170 Å². The van der Waals surface area contributed by atoms with Crippen LogP contribution in [0.2, 0.25) is 0 Å². The monoisotopic (exact) mass is 1030 g/mol. The maximum absolute atomic E-state index is 12.8. The zero-order chi connectivity index (χ0) is 54.3. The fourth-order valence-corrected chi connectivity index (χ4v) is 7.39. The molecule has 0 radical (unpaired) electrons. The van der Waals surface area contributed by atoms with Crippen molar-refractivity contribution >= 4 is 17.9 Å². The van der Waals surface area contributed by atoms with E-state index >= 15 is 0 Å². The predicted molar refractivity (Wildman–Crippen MR) is 325 cm³/mol. The lowest BCUT2D eigenvalue weighted by Crippen LogP contribution is -2.30. The van der Waals surface area contributed by atoms with Crippen molar-refractivity contribution in [3.8, 4) is 0 Å². The standard InChI is InChI=1S/C69H106O6/c1-4-7-10-13-16-19-22-25-28-30-32-33-34-35-37-38-41-44-47-50-53-56-59-62-68(71)74-65-66(64-73-67(70)61-58-55-52-49-46-43-40-27-24-21-18-15-12-9-6-3)75-69(72)63-60-57-54-51-48-45-42-39-36-31-29-26-23-20-17-14-11-8-5-2/h7-12,16-21,25-29,32-33,35-37,39-40,45,48,54,57,66H,4-6,13-15,22-24,30-31,34,38,41-44,46-47,49-53,55-56,58-65H2,1-3H3/b10-7-,11-8-,12-9-,19-16-,20-17-,21-18-,28-25-,29-26-,33-32-,37-35-,39-36-,40-27-,48-45-,57-54-. The van der Waals surface area contributed by atoms with Crippen LogP contribution in [0, 0.1) is 0 Å². The van der Waals surface area contributed by atoms with Gasteiger partial charge in [-0.25, -0.2) is 0 Å². The molecule has 0 N–H and O–H groups in total. The molecule has 0 aromatic carbocycles. The first-order valence-electron chi connectivity index (χ1n) is 29.6. The normalized spacial score (nSPS) is 13.4. The highest BCUT2D eigenvalue weighted by Gasteiger charge is 2.19. The molecule has 0 amide bonds. The molecule has 6 heteroatoms. The van der Waals surface area contributed by atoms with Gasteiger partial charge in [0.2, 0.25) is 0 Å². The highest BCUT2D eigenvalue weighted by atomic mass is 16.6. The summed E-state index contributed by atoms with van der Waals surface area (Å²) in [6, 6.07) is 0. The highest BCUT2D eigenvalue weighted by molar-refractivity contribution is 5.71. The van der Waals surface area contributed by atoms with Gasteiger partial charge in [-0.2, -0.15) is 0 Å². The third-order valence-corrected chi connectivity index (χ3v) is 11.7. The van der Waals surface area contributed by atoms with Gasteiger partial charge in [0, 0.05) is 19.3 Å². The molecule has 1 unspecified atom stereocenters. The van der Waals surface area contributed by atoms with Crippen LogP contribution < -0.4 is 0 Å². The molecule has 0 fully saturated rings. The summed E-state index contributed by atoms with van der Waals surface area (Å²) in [5, 5.41) is 0. The molecule has 0 aromatic heterocycles. The number of hydrogen-bond donors (Lipinski definition) is 0. The molecular weight excluding hydrogens is 925 g/mol. The highest BCUT2D eigenvalue weighted by Crippen LogP contribution is 2.13. The summed E-state index contributed by atoms with van der Waals surface area (Å²) in [5.41, 5.74) is 0. The van der Waals surface area contributed by atoms with Crippen molar-refractivity contribution in [3.63, 3.8) is 0 Å². The van der Waals surface area contributed by atoms with E-state index < -0.39 is 12.1 Å². The van der Waals surface area contributed by atoms with Gasteiger partial charge >= 0.3 is 17.9 Å². The summed E-state index contributed by atoms with van der Waals surface area (Å²) >= 11 is 0. The summed E-state index contributed by atoms with van der Waals surface area (Å²) in [6.07, 6.45) is 90.7. The number of carbonyl (C=O) groups is 3. The molecule has 6 nitrogen and oxygen atoms in total. The fraction of sp³-hybridized carbons (Fsp3) is 0.551. The number of hydrogen-bond acceptors (Lipinski definition) is 6. The molecule has 0 aliphatic carbocycles. The van der Waals surface area contributed by atoms with Crippen molar-refractivity contribution < 1.29 is 28.6 Å². The fourth-order valence-electron chi connectivity index (χ4n) is 7.39. The third kappa shape index (κ3) is 59.5. The van der Waals surface area contributed by atoms with Crippen LogP contribution >= 0.6 is 0 Å². The Bertz CT molecular complexity index is 1750. The molecule has 0 rings (SSSR count). The molecule has 0 aliphatic heterocycles. The van der Waals surface area contributed by atoms with Gasteiger partial charge in [-0.3, -0.25) is 14.4 Å². The van der Waals surface area contributed by atoms with Gasteiger partial charge < -0.3 is 14.2 Å². The minimum Gasteiger partial charge on any atom is -0.462 e. The third-order valence-electron chi connectivity index (χ3n) is 11.7. The summed E-state index contributed by atoms with van der Waals surface area (Å²) in [4.78, 5) is 38.2. The Labute approximate surface area is 460 Å². The minimum atomic E-state index is -0.841. The molecule has 0 aliphatic rings. The number of ether oxygens (including phenoxy) is 3. The molecule has 0 bridgehead atoms. The van der Waals surface area contributed by atoms with Crippen molar-refractivity contribution in [2.24, 2.45) is 0 Å². The van der Waals surface area contributed by atoms with E-state index in [1.165, 1.54) is 19.3 Å². The van der Waals surface area contributed by atoms with Crippen LogP contribution in [-0.2, 0) is 28.6 Å². The van der Waals surface area contributed by atoms with Crippen molar-refractivity contribution in [1.82, 2.24) is 0 Å². The second-order valence-corrected chi connectivity index (χ2v) is 18.8.